The summed E-state index contributed by atoms with van der Waals surface area (Å²) in [6, 6.07) is 0. The minimum Gasteiger partial charge on any atom is -0.391 e. The lowest BCUT2D eigenvalue weighted by Gasteiger charge is -2.26. The van der Waals surface area contributed by atoms with Crippen molar-refractivity contribution in [3.8, 4) is 0 Å². The summed E-state index contributed by atoms with van der Waals surface area (Å²) < 4.78 is 0. The summed E-state index contributed by atoms with van der Waals surface area (Å²) >= 11 is 0. The first-order chi connectivity index (χ1) is 6.41. The Morgan fingerprint density at radius 2 is 1.57 bits per heavy atom. The highest BCUT2D eigenvalue weighted by molar-refractivity contribution is 4.75. The van der Waals surface area contributed by atoms with Crippen molar-refractivity contribution >= 4 is 0 Å². The van der Waals surface area contributed by atoms with Crippen LogP contribution in [0.1, 0.15) is 47.5 Å². The van der Waals surface area contributed by atoms with E-state index < -0.39 is 0 Å². The van der Waals surface area contributed by atoms with Crippen LogP contribution in [0.25, 0.3) is 0 Å². The van der Waals surface area contributed by atoms with Crippen molar-refractivity contribution in [2.75, 3.05) is 13.1 Å². The molecular formula is C12H27NO. The predicted octanol–water partition coefficient (Wildman–Crippen LogP) is 2.42. The fourth-order valence-electron chi connectivity index (χ4n) is 1.31. The van der Waals surface area contributed by atoms with Crippen molar-refractivity contribution in [3.05, 3.63) is 0 Å². The summed E-state index contributed by atoms with van der Waals surface area (Å²) in [5, 5.41) is 13.1. The van der Waals surface area contributed by atoms with Crippen LogP contribution in [-0.2, 0) is 0 Å². The van der Waals surface area contributed by atoms with E-state index in [0.717, 1.165) is 12.5 Å². The highest BCUT2D eigenvalue weighted by atomic mass is 16.3. The van der Waals surface area contributed by atoms with Crippen LogP contribution in [0.2, 0.25) is 0 Å². The van der Waals surface area contributed by atoms with Crippen molar-refractivity contribution in [2.24, 2.45) is 11.3 Å². The van der Waals surface area contributed by atoms with E-state index in [-0.39, 0.29) is 11.5 Å². The standard InChI is InChI=1S/C12H27NO/c1-6-10(7-2)8-13-9-11(14)12(3,4)5/h10-11,13-14H,6-9H2,1-5H3. The first-order valence-electron chi connectivity index (χ1n) is 5.80. The summed E-state index contributed by atoms with van der Waals surface area (Å²) in [6.07, 6.45) is 2.18. The molecular weight excluding hydrogens is 174 g/mol. The van der Waals surface area contributed by atoms with E-state index in [4.69, 9.17) is 0 Å². The van der Waals surface area contributed by atoms with Crippen LogP contribution < -0.4 is 5.32 Å². The van der Waals surface area contributed by atoms with Gasteiger partial charge in [0, 0.05) is 6.54 Å². The molecule has 1 unspecified atom stereocenters. The first kappa shape index (κ1) is 13.9. The number of nitrogens with one attached hydrogen (secondary N) is 1. The van der Waals surface area contributed by atoms with Gasteiger partial charge in [-0.25, -0.2) is 0 Å². The van der Waals surface area contributed by atoms with Gasteiger partial charge in [-0.3, -0.25) is 0 Å². The average Bonchev–Trinajstić information content (AvgIpc) is 2.10. The molecule has 0 aromatic heterocycles. The molecule has 0 amide bonds. The summed E-state index contributed by atoms with van der Waals surface area (Å²) in [5.41, 5.74) is -0.0130. The van der Waals surface area contributed by atoms with E-state index in [1.54, 1.807) is 0 Å². The van der Waals surface area contributed by atoms with Crippen LogP contribution in [0.5, 0.6) is 0 Å². The zero-order valence-electron chi connectivity index (χ0n) is 10.4. The van der Waals surface area contributed by atoms with Gasteiger partial charge in [0.25, 0.3) is 0 Å². The summed E-state index contributed by atoms with van der Waals surface area (Å²) in [4.78, 5) is 0. The van der Waals surface area contributed by atoms with Crippen LogP contribution >= 0.6 is 0 Å². The van der Waals surface area contributed by atoms with Crippen molar-refractivity contribution in [1.29, 1.82) is 0 Å². The number of aliphatic hydroxyl groups excluding tert-OH is 1. The van der Waals surface area contributed by atoms with E-state index in [0.29, 0.717) is 6.54 Å². The fraction of sp³-hybridized carbons (Fsp3) is 1.00. The van der Waals surface area contributed by atoms with Gasteiger partial charge in [0.15, 0.2) is 0 Å². The Labute approximate surface area is 89.1 Å². The molecule has 0 saturated heterocycles. The molecule has 0 bridgehead atoms. The zero-order chi connectivity index (χ0) is 11.2. The van der Waals surface area contributed by atoms with Crippen molar-refractivity contribution in [3.63, 3.8) is 0 Å². The number of hydrogen-bond acceptors (Lipinski definition) is 2. The third-order valence-corrected chi connectivity index (χ3v) is 2.93. The Kier molecular flexibility index (Phi) is 6.38. The molecule has 86 valence electrons. The molecule has 0 aromatic carbocycles. The quantitative estimate of drug-likeness (QED) is 0.692. The minimum absolute atomic E-state index is 0.0130. The molecule has 0 radical (unpaired) electrons. The number of aliphatic hydroxyl groups is 1. The predicted molar refractivity (Wildman–Crippen MR) is 62.4 cm³/mol. The summed E-state index contributed by atoms with van der Waals surface area (Å²) in [6.45, 7) is 12.4. The molecule has 0 saturated carbocycles. The van der Waals surface area contributed by atoms with E-state index in [1.165, 1.54) is 12.8 Å². The van der Waals surface area contributed by atoms with E-state index in [2.05, 4.69) is 39.9 Å². The summed E-state index contributed by atoms with van der Waals surface area (Å²) in [5.74, 6) is 0.752. The molecule has 1 atom stereocenters. The second kappa shape index (κ2) is 6.41. The van der Waals surface area contributed by atoms with Gasteiger partial charge < -0.3 is 10.4 Å². The molecule has 2 nitrogen and oxygen atoms in total. The lowest BCUT2D eigenvalue weighted by molar-refractivity contribution is 0.0621. The molecule has 0 aliphatic rings. The Morgan fingerprint density at radius 3 is 1.93 bits per heavy atom. The normalized spacial score (nSPS) is 14.8. The van der Waals surface area contributed by atoms with Gasteiger partial charge in [-0.2, -0.15) is 0 Å². The monoisotopic (exact) mass is 201 g/mol. The second-order valence-electron chi connectivity index (χ2n) is 5.22. The molecule has 2 N–H and O–H groups in total. The lowest BCUT2D eigenvalue weighted by Crippen LogP contribution is -2.38. The average molecular weight is 201 g/mol. The van der Waals surface area contributed by atoms with Crippen LogP contribution in [0, 0.1) is 11.3 Å². The van der Waals surface area contributed by atoms with Crippen molar-refractivity contribution in [1.82, 2.24) is 5.32 Å². The smallest absolute Gasteiger partial charge is 0.0712 e. The zero-order valence-corrected chi connectivity index (χ0v) is 10.4. The van der Waals surface area contributed by atoms with Crippen molar-refractivity contribution in [2.45, 2.75) is 53.6 Å². The second-order valence-corrected chi connectivity index (χ2v) is 5.22. The Bertz CT molecular complexity index is 136. The van der Waals surface area contributed by atoms with Gasteiger partial charge in [0.1, 0.15) is 0 Å². The Balaban J connectivity index is 3.63. The van der Waals surface area contributed by atoms with Gasteiger partial charge >= 0.3 is 0 Å². The van der Waals surface area contributed by atoms with Gasteiger partial charge in [-0.15, -0.1) is 0 Å². The third kappa shape index (κ3) is 5.61. The number of rotatable bonds is 6. The van der Waals surface area contributed by atoms with Crippen molar-refractivity contribution < 1.29 is 5.11 Å². The summed E-state index contributed by atoms with van der Waals surface area (Å²) in [7, 11) is 0. The third-order valence-electron chi connectivity index (χ3n) is 2.93. The van der Waals surface area contributed by atoms with Crippen LogP contribution in [0.4, 0.5) is 0 Å². The van der Waals surface area contributed by atoms with Gasteiger partial charge in [-0.05, 0) is 17.9 Å². The molecule has 0 spiro atoms. The van der Waals surface area contributed by atoms with Gasteiger partial charge in [0.05, 0.1) is 6.10 Å². The SMILES string of the molecule is CCC(CC)CNCC(O)C(C)(C)C. The van der Waals surface area contributed by atoms with Gasteiger partial charge in [0.2, 0.25) is 0 Å². The number of hydrogen-bond donors (Lipinski definition) is 2. The Morgan fingerprint density at radius 1 is 1.07 bits per heavy atom. The van der Waals surface area contributed by atoms with Gasteiger partial charge in [-0.1, -0.05) is 47.5 Å². The van der Waals surface area contributed by atoms with E-state index in [9.17, 15) is 5.11 Å². The minimum atomic E-state index is -0.253. The molecule has 0 aliphatic carbocycles. The fourth-order valence-corrected chi connectivity index (χ4v) is 1.31. The maximum atomic E-state index is 9.78. The van der Waals surface area contributed by atoms with Crippen LogP contribution in [0.3, 0.4) is 0 Å². The molecule has 0 aromatic rings. The molecule has 2 heteroatoms. The highest BCUT2D eigenvalue weighted by Crippen LogP contribution is 2.18. The molecule has 0 fully saturated rings. The first-order valence-corrected chi connectivity index (χ1v) is 5.80. The molecule has 14 heavy (non-hydrogen) atoms. The maximum absolute atomic E-state index is 9.78. The topological polar surface area (TPSA) is 32.3 Å². The molecule has 0 heterocycles. The Hall–Kier alpha value is -0.0800. The van der Waals surface area contributed by atoms with Crippen LogP contribution in [0.15, 0.2) is 0 Å². The van der Waals surface area contributed by atoms with E-state index >= 15 is 0 Å². The van der Waals surface area contributed by atoms with E-state index in [1.807, 2.05) is 0 Å². The molecule has 0 rings (SSSR count). The maximum Gasteiger partial charge on any atom is 0.0712 e. The highest BCUT2D eigenvalue weighted by Gasteiger charge is 2.21. The molecule has 0 aliphatic heterocycles. The van der Waals surface area contributed by atoms with Crippen LogP contribution in [-0.4, -0.2) is 24.3 Å². The largest absolute Gasteiger partial charge is 0.391 e. The lowest BCUT2D eigenvalue weighted by atomic mass is 9.89.